The zero-order valence-corrected chi connectivity index (χ0v) is 24.2. The number of fused-ring (bicyclic) bond motifs is 1. The van der Waals surface area contributed by atoms with Crippen LogP contribution >= 0.6 is 0 Å². The van der Waals surface area contributed by atoms with Gasteiger partial charge in [-0.25, -0.2) is 4.98 Å². The number of carbonyl (C=O) groups is 3. The maximum absolute atomic E-state index is 11.6. The molecule has 1 aliphatic rings. The highest BCUT2D eigenvalue weighted by molar-refractivity contribution is 5.84. The second-order valence-corrected chi connectivity index (χ2v) is 10.7. The number of pyridine rings is 1. The fourth-order valence-corrected chi connectivity index (χ4v) is 5.11. The van der Waals surface area contributed by atoms with E-state index in [0.29, 0.717) is 71.3 Å². The smallest absolute Gasteiger partial charge is 0.317 e. The molecular weight excluding hydrogens is 554 g/mol. The summed E-state index contributed by atoms with van der Waals surface area (Å²) < 4.78 is 6.14. The Morgan fingerprint density at radius 2 is 1.14 bits per heavy atom. The molecule has 12 nitrogen and oxygen atoms in total. The highest BCUT2D eigenvalue weighted by atomic mass is 16.5. The van der Waals surface area contributed by atoms with Crippen LogP contribution in [0.1, 0.15) is 11.3 Å². The van der Waals surface area contributed by atoms with Crippen molar-refractivity contribution in [2.45, 2.75) is 13.2 Å². The van der Waals surface area contributed by atoms with Gasteiger partial charge >= 0.3 is 17.9 Å². The van der Waals surface area contributed by atoms with Crippen molar-refractivity contribution in [3.05, 3.63) is 71.9 Å². The summed E-state index contributed by atoms with van der Waals surface area (Å²) in [6, 6.07) is 19.7. The molecule has 1 fully saturated rings. The van der Waals surface area contributed by atoms with E-state index in [9.17, 15) is 29.7 Å². The van der Waals surface area contributed by atoms with Gasteiger partial charge in [-0.05, 0) is 17.7 Å². The summed E-state index contributed by atoms with van der Waals surface area (Å²) in [6.45, 7) is 3.82. The summed E-state index contributed by atoms with van der Waals surface area (Å²) in [5.74, 6) is -2.20. The van der Waals surface area contributed by atoms with Crippen molar-refractivity contribution in [1.82, 2.24) is 24.6 Å². The molecule has 0 amide bonds. The lowest BCUT2D eigenvalue weighted by Crippen LogP contribution is -2.48. The van der Waals surface area contributed by atoms with Crippen molar-refractivity contribution < 1.29 is 34.4 Å². The van der Waals surface area contributed by atoms with Gasteiger partial charge in [0.15, 0.2) is 0 Å². The van der Waals surface area contributed by atoms with Crippen molar-refractivity contribution in [1.29, 1.82) is 0 Å². The molecule has 3 aromatic rings. The van der Waals surface area contributed by atoms with E-state index in [-0.39, 0.29) is 19.6 Å². The fraction of sp³-hybridized carbons (Fsp3) is 0.419. The summed E-state index contributed by atoms with van der Waals surface area (Å²) in [7, 11) is 0. The number of nitrogens with zero attached hydrogens (tertiary/aromatic N) is 5. The van der Waals surface area contributed by atoms with Crippen LogP contribution in [-0.4, -0.2) is 130 Å². The van der Waals surface area contributed by atoms with Crippen LogP contribution in [0.3, 0.4) is 0 Å². The predicted molar refractivity (Wildman–Crippen MR) is 160 cm³/mol. The molecule has 12 heteroatoms. The Morgan fingerprint density at radius 3 is 1.65 bits per heavy atom. The molecule has 2 aromatic carbocycles. The number of aromatic nitrogens is 1. The van der Waals surface area contributed by atoms with Gasteiger partial charge in [-0.2, -0.15) is 0 Å². The minimum absolute atomic E-state index is 0.157. The number of ether oxygens (including phenoxy) is 1. The van der Waals surface area contributed by atoms with Crippen molar-refractivity contribution in [2.24, 2.45) is 0 Å². The van der Waals surface area contributed by atoms with Crippen molar-refractivity contribution in [2.75, 3.05) is 72.0 Å². The number of hydrogen-bond acceptors (Lipinski definition) is 9. The lowest BCUT2D eigenvalue weighted by atomic mass is 10.1. The second kappa shape index (κ2) is 15.9. The van der Waals surface area contributed by atoms with Crippen molar-refractivity contribution >= 4 is 28.8 Å². The molecule has 0 aliphatic carbocycles. The van der Waals surface area contributed by atoms with Crippen LogP contribution in [0.4, 0.5) is 0 Å². The zero-order valence-electron chi connectivity index (χ0n) is 24.2. The molecule has 0 radical (unpaired) electrons. The zero-order chi connectivity index (χ0) is 30.6. The van der Waals surface area contributed by atoms with Gasteiger partial charge in [0.25, 0.3) is 0 Å². The summed E-state index contributed by atoms with van der Waals surface area (Å²) in [5.41, 5.74) is 2.62. The van der Waals surface area contributed by atoms with E-state index in [4.69, 9.17) is 9.72 Å². The monoisotopic (exact) mass is 593 g/mol. The molecule has 2 heterocycles. The maximum atomic E-state index is 11.6. The highest BCUT2D eigenvalue weighted by Gasteiger charge is 2.20. The predicted octanol–water partition coefficient (Wildman–Crippen LogP) is 1.79. The Hall–Kier alpha value is -4.10. The number of rotatable bonds is 11. The van der Waals surface area contributed by atoms with E-state index in [0.717, 1.165) is 22.2 Å². The second-order valence-electron chi connectivity index (χ2n) is 10.7. The number of carboxylic acids is 3. The van der Waals surface area contributed by atoms with Crippen LogP contribution in [0.15, 0.2) is 60.7 Å². The molecule has 230 valence electrons. The summed E-state index contributed by atoms with van der Waals surface area (Å²) >= 11 is 0. The maximum Gasteiger partial charge on any atom is 0.317 e. The largest absolute Gasteiger partial charge is 0.487 e. The molecule has 0 unspecified atom stereocenters. The first-order valence-corrected chi connectivity index (χ1v) is 14.4. The molecule has 1 aromatic heterocycles. The van der Waals surface area contributed by atoms with E-state index in [1.54, 1.807) is 4.90 Å². The molecule has 0 bridgehead atoms. The Balaban J connectivity index is 1.52. The number of aliphatic carboxylic acids is 3. The molecule has 3 N–H and O–H groups in total. The topological polar surface area (TPSA) is 147 Å². The lowest BCUT2D eigenvalue weighted by molar-refractivity contribution is -0.140. The molecule has 1 aliphatic heterocycles. The minimum atomic E-state index is -0.982. The number of hydrogen-bond donors (Lipinski definition) is 3. The van der Waals surface area contributed by atoms with Gasteiger partial charge in [0.2, 0.25) is 0 Å². The number of para-hydroxylation sites is 1. The van der Waals surface area contributed by atoms with Crippen LogP contribution in [0, 0.1) is 0 Å². The number of benzene rings is 2. The standard InChI is InChI=1S/C31H39N5O7/c37-28(38)20-34-13-11-33(12-14-35(21-29(39)40)16-18-36(17-15-34)22-30(41)42)19-26-10-9-25-7-4-8-27(31(25)32-26)43-23-24-5-2-1-3-6-24/h1-10H,11-23H2,(H,37,38)(H,39,40)(H,41,42). The van der Waals surface area contributed by atoms with Crippen LogP contribution in [0.5, 0.6) is 5.75 Å². The summed E-state index contributed by atoms with van der Waals surface area (Å²) in [4.78, 5) is 47.0. The van der Waals surface area contributed by atoms with Gasteiger partial charge in [0.1, 0.15) is 17.9 Å². The number of carboxylic acid groups (broad SMARTS) is 3. The lowest BCUT2D eigenvalue weighted by Gasteiger charge is -2.33. The van der Waals surface area contributed by atoms with E-state index in [1.165, 1.54) is 0 Å². The van der Waals surface area contributed by atoms with E-state index in [2.05, 4.69) is 4.90 Å². The fourth-order valence-electron chi connectivity index (χ4n) is 5.11. The molecule has 1 saturated heterocycles. The Labute approximate surface area is 250 Å². The van der Waals surface area contributed by atoms with Crippen molar-refractivity contribution in [3.63, 3.8) is 0 Å². The van der Waals surface area contributed by atoms with Gasteiger partial charge in [0.05, 0.1) is 25.3 Å². The van der Waals surface area contributed by atoms with Crippen LogP contribution in [-0.2, 0) is 27.5 Å². The van der Waals surface area contributed by atoms with Gasteiger partial charge in [0, 0.05) is 64.3 Å². The van der Waals surface area contributed by atoms with Gasteiger partial charge < -0.3 is 20.1 Å². The highest BCUT2D eigenvalue weighted by Crippen LogP contribution is 2.25. The van der Waals surface area contributed by atoms with E-state index >= 15 is 0 Å². The summed E-state index contributed by atoms with van der Waals surface area (Å²) in [6.07, 6.45) is 0. The third-order valence-corrected chi connectivity index (χ3v) is 7.37. The first-order valence-electron chi connectivity index (χ1n) is 14.4. The molecule has 0 atom stereocenters. The van der Waals surface area contributed by atoms with Gasteiger partial charge in [-0.1, -0.05) is 48.5 Å². The third kappa shape index (κ3) is 10.6. The first-order chi connectivity index (χ1) is 20.7. The van der Waals surface area contributed by atoms with Gasteiger partial charge in [-0.15, -0.1) is 0 Å². The van der Waals surface area contributed by atoms with Crippen LogP contribution in [0.25, 0.3) is 10.9 Å². The third-order valence-electron chi connectivity index (χ3n) is 7.37. The Morgan fingerprint density at radius 1 is 0.628 bits per heavy atom. The molecular formula is C31H39N5O7. The van der Waals surface area contributed by atoms with Crippen LogP contribution < -0.4 is 4.74 Å². The molecule has 4 rings (SSSR count). The first kappa shape index (κ1) is 31.8. The van der Waals surface area contributed by atoms with E-state index < -0.39 is 17.9 Å². The quantitative estimate of drug-likeness (QED) is 0.298. The average molecular weight is 594 g/mol. The van der Waals surface area contributed by atoms with Gasteiger partial charge in [-0.3, -0.25) is 34.0 Å². The summed E-state index contributed by atoms with van der Waals surface area (Å²) in [5, 5.41) is 29.3. The molecule has 0 spiro atoms. The molecule has 43 heavy (non-hydrogen) atoms. The SMILES string of the molecule is O=C(O)CN1CCN(CC(=O)O)CCN(Cc2ccc3cccc(OCc4ccccc4)c3n2)CCN(CC(=O)O)CC1. The minimum Gasteiger partial charge on any atom is -0.487 e. The normalized spacial score (nSPS) is 16.7. The van der Waals surface area contributed by atoms with Crippen LogP contribution in [0.2, 0.25) is 0 Å². The van der Waals surface area contributed by atoms with Crippen molar-refractivity contribution in [3.8, 4) is 5.75 Å². The molecule has 0 saturated carbocycles. The average Bonchev–Trinajstić information content (AvgIpc) is 2.97. The van der Waals surface area contributed by atoms with E-state index in [1.807, 2.05) is 70.5 Å². The Bertz CT molecular complexity index is 1340. The Kier molecular flexibility index (Phi) is 11.8.